The molecule has 0 radical (unpaired) electrons. The summed E-state index contributed by atoms with van der Waals surface area (Å²) in [5.74, 6) is -1.45. The fourth-order valence-electron chi connectivity index (χ4n) is 2.08. The lowest BCUT2D eigenvalue weighted by atomic mass is 9.84. The molecule has 1 rings (SSSR count). The lowest BCUT2D eigenvalue weighted by Crippen LogP contribution is -2.44. The molecule has 0 aromatic rings. The summed E-state index contributed by atoms with van der Waals surface area (Å²) in [6, 6.07) is 1.24. The lowest BCUT2D eigenvalue weighted by Gasteiger charge is -2.22. The number of hydrogen-bond acceptors (Lipinski definition) is 4. The van der Waals surface area contributed by atoms with E-state index in [1.807, 2.05) is 20.8 Å². The molecular formula is C20H33F3N4O3. The molecule has 0 bridgehead atoms. The third kappa shape index (κ3) is 12.8. The average Bonchev–Trinajstić information content (AvgIpc) is 2.89. The zero-order valence-corrected chi connectivity index (χ0v) is 18.5. The fourth-order valence-corrected chi connectivity index (χ4v) is 2.08. The van der Waals surface area contributed by atoms with Crippen molar-refractivity contribution in [3.63, 3.8) is 0 Å². The van der Waals surface area contributed by atoms with Gasteiger partial charge in [-0.25, -0.2) is 0 Å². The number of carbonyl (C=O) groups is 3. The molecule has 7 nitrogen and oxygen atoms in total. The normalized spacial score (nSPS) is 17.9. The third-order valence-corrected chi connectivity index (χ3v) is 4.06. The van der Waals surface area contributed by atoms with Crippen LogP contribution in [0.3, 0.4) is 0 Å². The molecule has 2 atom stereocenters. The van der Waals surface area contributed by atoms with Crippen LogP contribution in [0.4, 0.5) is 13.2 Å². The number of nitrogens with one attached hydrogen (secondary N) is 2. The molecule has 1 aliphatic rings. The Labute approximate surface area is 176 Å². The maximum Gasteiger partial charge on any atom is 0.471 e. The van der Waals surface area contributed by atoms with Crippen LogP contribution < -0.4 is 10.6 Å². The molecule has 10 heteroatoms. The average molecular weight is 435 g/mol. The van der Waals surface area contributed by atoms with Crippen LogP contribution in [0.2, 0.25) is 0 Å². The molecule has 0 aliphatic carbocycles. The Morgan fingerprint density at radius 3 is 2.10 bits per heavy atom. The Morgan fingerprint density at radius 2 is 1.83 bits per heavy atom. The second-order valence-electron chi connectivity index (χ2n) is 8.20. The number of nitriles is 1. The van der Waals surface area contributed by atoms with Gasteiger partial charge >= 0.3 is 12.1 Å². The van der Waals surface area contributed by atoms with Crippen molar-refractivity contribution in [3.8, 4) is 6.07 Å². The topological polar surface area (TPSA) is 102 Å². The van der Waals surface area contributed by atoms with E-state index < -0.39 is 30.6 Å². The number of halogens is 3. The van der Waals surface area contributed by atoms with Crippen molar-refractivity contribution in [1.29, 1.82) is 5.26 Å². The Hall–Kier alpha value is -2.57. The Balaban J connectivity index is 0. The zero-order valence-electron chi connectivity index (χ0n) is 18.5. The van der Waals surface area contributed by atoms with Crippen LogP contribution in [-0.2, 0) is 14.4 Å². The number of carbonyl (C=O) groups excluding carboxylic acids is 3. The van der Waals surface area contributed by atoms with Gasteiger partial charge in [-0.05, 0) is 17.3 Å². The van der Waals surface area contributed by atoms with Gasteiger partial charge in [-0.15, -0.1) is 0 Å². The van der Waals surface area contributed by atoms with Crippen LogP contribution in [-0.4, -0.2) is 55.0 Å². The standard InChI is InChI=1S/C11H17F3N2O2.C5H6N2O.C4H10/c1-7-5-16(6-10(7,2)3)8(17)4-15-9(18)11(12,13)14;1-2-5(3-6)7-4-8;1-4(2)3/h7H,4-6H2,1-3H3,(H,15,18);2,4-5H,1H2,(H,7,8);4H,1-3H3. The van der Waals surface area contributed by atoms with Gasteiger partial charge in [-0.1, -0.05) is 54.2 Å². The minimum absolute atomic E-state index is 0.0519. The van der Waals surface area contributed by atoms with Crippen molar-refractivity contribution in [3.05, 3.63) is 12.7 Å². The predicted octanol–water partition coefficient (Wildman–Crippen LogP) is 2.64. The molecule has 30 heavy (non-hydrogen) atoms. The Morgan fingerprint density at radius 1 is 1.33 bits per heavy atom. The molecule has 2 unspecified atom stereocenters. The highest BCUT2D eigenvalue weighted by molar-refractivity contribution is 5.87. The van der Waals surface area contributed by atoms with Crippen molar-refractivity contribution in [1.82, 2.24) is 15.5 Å². The van der Waals surface area contributed by atoms with Gasteiger partial charge in [0.2, 0.25) is 12.3 Å². The van der Waals surface area contributed by atoms with Crippen LogP contribution in [0.15, 0.2) is 12.7 Å². The summed E-state index contributed by atoms with van der Waals surface area (Å²) < 4.78 is 35.8. The SMILES string of the molecule is C=CC(C#N)NC=O.CC(C)C.CC1CN(C(=O)CNC(=O)C(F)(F)F)CC1(C)C. The van der Waals surface area contributed by atoms with E-state index in [-0.39, 0.29) is 11.3 Å². The number of amides is 3. The summed E-state index contributed by atoms with van der Waals surface area (Å²) in [5, 5.41) is 11.9. The third-order valence-electron chi connectivity index (χ3n) is 4.06. The molecule has 1 fully saturated rings. The molecule has 3 amide bonds. The van der Waals surface area contributed by atoms with Crippen LogP contribution in [0.1, 0.15) is 41.5 Å². The largest absolute Gasteiger partial charge is 0.471 e. The van der Waals surface area contributed by atoms with E-state index in [1.165, 1.54) is 11.0 Å². The first-order chi connectivity index (χ1) is 13.6. The molecule has 0 aromatic heterocycles. The van der Waals surface area contributed by atoms with E-state index >= 15 is 0 Å². The molecule has 0 saturated carbocycles. The second kappa shape index (κ2) is 13.6. The van der Waals surface area contributed by atoms with Gasteiger partial charge in [0.25, 0.3) is 0 Å². The van der Waals surface area contributed by atoms with Gasteiger partial charge in [-0.2, -0.15) is 18.4 Å². The van der Waals surface area contributed by atoms with E-state index in [9.17, 15) is 27.6 Å². The number of hydrogen-bond donors (Lipinski definition) is 2. The van der Waals surface area contributed by atoms with Gasteiger partial charge in [0, 0.05) is 13.1 Å². The summed E-state index contributed by atoms with van der Waals surface area (Å²) in [6.07, 6.45) is -3.12. The molecule has 1 saturated heterocycles. The number of alkyl halides is 3. The summed E-state index contributed by atoms with van der Waals surface area (Å²) in [5.41, 5.74) is -0.0519. The van der Waals surface area contributed by atoms with Crippen molar-refractivity contribution in [2.45, 2.75) is 53.8 Å². The lowest BCUT2D eigenvalue weighted by molar-refractivity contribution is -0.174. The smallest absolute Gasteiger partial charge is 0.340 e. The predicted molar refractivity (Wildman–Crippen MR) is 108 cm³/mol. The van der Waals surface area contributed by atoms with Crippen LogP contribution in [0, 0.1) is 28.6 Å². The summed E-state index contributed by atoms with van der Waals surface area (Å²) in [7, 11) is 0. The zero-order chi connectivity index (χ0) is 24.1. The molecule has 2 N–H and O–H groups in total. The van der Waals surface area contributed by atoms with Crippen molar-refractivity contribution < 1.29 is 27.6 Å². The molecule has 1 aliphatic heterocycles. The Kier molecular flexibility index (Phi) is 13.4. The van der Waals surface area contributed by atoms with Gasteiger partial charge in [-0.3, -0.25) is 14.4 Å². The minimum atomic E-state index is -4.95. The first-order valence-corrected chi connectivity index (χ1v) is 9.47. The van der Waals surface area contributed by atoms with Crippen LogP contribution >= 0.6 is 0 Å². The number of rotatable bonds is 5. The first kappa shape index (κ1) is 29.6. The van der Waals surface area contributed by atoms with Crippen molar-refractivity contribution in [2.75, 3.05) is 19.6 Å². The van der Waals surface area contributed by atoms with Gasteiger partial charge in [0.15, 0.2) is 0 Å². The summed E-state index contributed by atoms with van der Waals surface area (Å²) in [4.78, 5) is 33.3. The number of nitrogens with zero attached hydrogens (tertiary/aromatic N) is 2. The van der Waals surface area contributed by atoms with Gasteiger partial charge in [0.05, 0.1) is 12.6 Å². The monoisotopic (exact) mass is 434 g/mol. The highest BCUT2D eigenvalue weighted by atomic mass is 19.4. The van der Waals surface area contributed by atoms with E-state index in [0.717, 1.165) is 5.92 Å². The van der Waals surface area contributed by atoms with Crippen molar-refractivity contribution >= 4 is 18.2 Å². The fraction of sp³-hybridized carbons (Fsp3) is 0.700. The van der Waals surface area contributed by atoms with Gasteiger partial charge < -0.3 is 15.5 Å². The highest BCUT2D eigenvalue weighted by Gasteiger charge is 2.41. The minimum Gasteiger partial charge on any atom is -0.340 e. The molecule has 0 aromatic carbocycles. The molecule has 172 valence electrons. The second-order valence-corrected chi connectivity index (χ2v) is 8.20. The van der Waals surface area contributed by atoms with E-state index in [4.69, 9.17) is 5.26 Å². The van der Waals surface area contributed by atoms with Gasteiger partial charge in [0.1, 0.15) is 6.04 Å². The summed E-state index contributed by atoms with van der Waals surface area (Å²) in [6.45, 7) is 16.2. The van der Waals surface area contributed by atoms with Crippen LogP contribution in [0.25, 0.3) is 0 Å². The highest BCUT2D eigenvalue weighted by Crippen LogP contribution is 2.34. The maximum atomic E-state index is 11.9. The van der Waals surface area contributed by atoms with E-state index in [0.29, 0.717) is 19.5 Å². The van der Waals surface area contributed by atoms with E-state index in [2.05, 4.69) is 32.7 Å². The molecule has 0 spiro atoms. The first-order valence-electron chi connectivity index (χ1n) is 9.47. The number of likely N-dealkylation sites (tertiary alicyclic amines) is 1. The van der Waals surface area contributed by atoms with Crippen LogP contribution in [0.5, 0.6) is 0 Å². The quantitative estimate of drug-likeness (QED) is 0.513. The van der Waals surface area contributed by atoms with E-state index in [1.54, 1.807) is 11.4 Å². The molecular weight excluding hydrogens is 401 g/mol. The van der Waals surface area contributed by atoms with Crippen molar-refractivity contribution in [2.24, 2.45) is 17.3 Å². The maximum absolute atomic E-state index is 11.9. The molecule has 1 heterocycles. The Bertz CT molecular complexity index is 611. The summed E-state index contributed by atoms with van der Waals surface area (Å²) >= 11 is 0.